The van der Waals surface area contributed by atoms with Crippen molar-refractivity contribution in [1.29, 1.82) is 0 Å². The highest BCUT2D eigenvalue weighted by Gasteiger charge is 2.36. The summed E-state index contributed by atoms with van der Waals surface area (Å²) >= 11 is 0. The van der Waals surface area contributed by atoms with Gasteiger partial charge in [-0.25, -0.2) is 0 Å². The van der Waals surface area contributed by atoms with Crippen LogP contribution in [0.25, 0.3) is 0 Å². The molecule has 2 amide bonds. The predicted octanol–water partition coefficient (Wildman–Crippen LogP) is 4.01. The zero-order chi connectivity index (χ0) is 18.9. The Balaban J connectivity index is 1.73. The summed E-state index contributed by atoms with van der Waals surface area (Å²) in [6, 6.07) is 11.8. The lowest BCUT2D eigenvalue weighted by atomic mass is 10.1. The maximum atomic E-state index is 12.9. The normalized spacial score (nSPS) is 17.5. The molecule has 0 bridgehead atoms. The quantitative estimate of drug-likeness (QED) is 0.897. The van der Waals surface area contributed by atoms with Crippen LogP contribution in [0.4, 0.5) is 24.5 Å². The molecule has 1 N–H and O–H groups in total. The van der Waals surface area contributed by atoms with Crippen molar-refractivity contribution in [2.24, 2.45) is 5.92 Å². The van der Waals surface area contributed by atoms with E-state index in [0.29, 0.717) is 5.69 Å². The van der Waals surface area contributed by atoms with Gasteiger partial charge in [0.15, 0.2) is 0 Å². The summed E-state index contributed by atoms with van der Waals surface area (Å²) in [4.78, 5) is 25.9. The number of anilines is 2. The molecule has 3 rings (SSSR count). The van der Waals surface area contributed by atoms with Gasteiger partial charge >= 0.3 is 6.18 Å². The van der Waals surface area contributed by atoms with Crippen molar-refractivity contribution in [1.82, 2.24) is 0 Å². The van der Waals surface area contributed by atoms with Crippen molar-refractivity contribution < 1.29 is 22.8 Å². The highest BCUT2D eigenvalue weighted by molar-refractivity contribution is 6.03. The fourth-order valence-electron chi connectivity index (χ4n) is 2.95. The Morgan fingerprint density at radius 1 is 1.15 bits per heavy atom. The molecule has 136 valence electrons. The summed E-state index contributed by atoms with van der Waals surface area (Å²) in [5.74, 6) is -1.30. The number of aryl methyl sites for hydroxylation is 1. The zero-order valence-electron chi connectivity index (χ0n) is 14.0. The summed E-state index contributed by atoms with van der Waals surface area (Å²) in [5, 5.41) is 2.76. The smallest absolute Gasteiger partial charge is 0.326 e. The van der Waals surface area contributed by atoms with Crippen LogP contribution in [0.2, 0.25) is 0 Å². The van der Waals surface area contributed by atoms with Crippen LogP contribution in [0, 0.1) is 12.8 Å². The van der Waals surface area contributed by atoms with Crippen molar-refractivity contribution in [2.75, 3.05) is 16.8 Å². The molecule has 26 heavy (non-hydrogen) atoms. The first-order chi connectivity index (χ1) is 12.2. The number of nitrogens with one attached hydrogen (secondary N) is 1. The van der Waals surface area contributed by atoms with Crippen molar-refractivity contribution >= 4 is 23.2 Å². The minimum Gasteiger partial charge on any atom is -0.326 e. The van der Waals surface area contributed by atoms with Crippen molar-refractivity contribution in [3.8, 4) is 0 Å². The summed E-state index contributed by atoms with van der Waals surface area (Å²) in [6.07, 6.45) is -4.52. The van der Waals surface area contributed by atoms with Gasteiger partial charge in [-0.15, -0.1) is 0 Å². The van der Waals surface area contributed by atoms with E-state index in [4.69, 9.17) is 0 Å². The maximum Gasteiger partial charge on any atom is 0.416 e. The lowest BCUT2D eigenvalue weighted by molar-refractivity contribution is -0.137. The van der Waals surface area contributed by atoms with Crippen LogP contribution in [0.1, 0.15) is 17.5 Å². The Kier molecular flexibility index (Phi) is 4.71. The van der Waals surface area contributed by atoms with E-state index in [1.165, 1.54) is 17.0 Å². The molecule has 1 aliphatic rings. The Hall–Kier alpha value is -2.83. The molecule has 1 saturated heterocycles. The monoisotopic (exact) mass is 362 g/mol. The minimum absolute atomic E-state index is 0.0338. The van der Waals surface area contributed by atoms with Crippen molar-refractivity contribution in [3.63, 3.8) is 0 Å². The van der Waals surface area contributed by atoms with Crippen molar-refractivity contribution in [3.05, 3.63) is 59.7 Å². The highest BCUT2D eigenvalue weighted by Crippen LogP contribution is 2.33. The fourth-order valence-corrected chi connectivity index (χ4v) is 2.95. The molecule has 0 aromatic heterocycles. The van der Waals surface area contributed by atoms with Gasteiger partial charge in [-0.1, -0.05) is 18.2 Å². The second kappa shape index (κ2) is 6.82. The van der Waals surface area contributed by atoms with Gasteiger partial charge in [0.05, 0.1) is 11.5 Å². The molecular formula is C19H17F3N2O2. The third kappa shape index (κ3) is 3.87. The third-order valence-corrected chi connectivity index (χ3v) is 4.27. The van der Waals surface area contributed by atoms with Gasteiger partial charge in [-0.3, -0.25) is 9.59 Å². The number of alkyl halides is 3. The first-order valence-electron chi connectivity index (χ1n) is 8.09. The summed E-state index contributed by atoms with van der Waals surface area (Å²) in [5.41, 5.74) is 0.932. The molecule has 4 nitrogen and oxygen atoms in total. The predicted molar refractivity (Wildman–Crippen MR) is 91.7 cm³/mol. The van der Waals surface area contributed by atoms with Crippen LogP contribution < -0.4 is 10.2 Å². The van der Waals surface area contributed by atoms with E-state index < -0.39 is 17.7 Å². The van der Waals surface area contributed by atoms with Crippen LogP contribution >= 0.6 is 0 Å². The maximum absolute atomic E-state index is 12.9. The van der Waals surface area contributed by atoms with Gasteiger partial charge in [-0.2, -0.15) is 13.2 Å². The average Bonchev–Trinajstić information content (AvgIpc) is 2.96. The molecule has 1 aliphatic heterocycles. The number of carbonyl (C=O) groups excluding carboxylic acids is 2. The van der Waals surface area contributed by atoms with Gasteiger partial charge in [0.1, 0.15) is 0 Å². The molecule has 0 radical (unpaired) electrons. The number of rotatable bonds is 3. The number of hydrogen-bond donors (Lipinski definition) is 1. The van der Waals surface area contributed by atoms with E-state index in [2.05, 4.69) is 5.32 Å². The molecular weight excluding hydrogens is 345 g/mol. The molecule has 2 aromatic carbocycles. The van der Waals surface area contributed by atoms with Gasteiger partial charge < -0.3 is 10.2 Å². The van der Waals surface area contributed by atoms with Crippen LogP contribution in [-0.4, -0.2) is 18.4 Å². The first-order valence-corrected chi connectivity index (χ1v) is 8.09. The van der Waals surface area contributed by atoms with E-state index >= 15 is 0 Å². The number of hydrogen-bond acceptors (Lipinski definition) is 2. The van der Waals surface area contributed by atoms with Gasteiger partial charge in [0.25, 0.3) is 0 Å². The summed E-state index contributed by atoms with van der Waals surface area (Å²) < 4.78 is 38.6. The Morgan fingerprint density at radius 2 is 1.88 bits per heavy atom. The van der Waals surface area contributed by atoms with Gasteiger partial charge in [0, 0.05) is 24.3 Å². The van der Waals surface area contributed by atoms with E-state index in [9.17, 15) is 22.8 Å². The molecule has 0 aliphatic carbocycles. The Labute approximate surface area is 148 Å². The number of carbonyl (C=O) groups is 2. The third-order valence-electron chi connectivity index (χ3n) is 4.27. The number of benzene rings is 2. The molecule has 1 atom stereocenters. The standard InChI is InChI=1S/C19H17F3N2O2/c1-12-4-2-6-15(8-12)23-18(26)13-9-17(25)24(11-13)16-7-3-5-14(10-16)19(20,21)22/h2-8,10,13H,9,11H2,1H3,(H,23,26). The number of halogens is 3. The molecule has 1 fully saturated rings. The number of amides is 2. The summed E-state index contributed by atoms with van der Waals surface area (Å²) in [6.45, 7) is 1.95. The highest BCUT2D eigenvalue weighted by atomic mass is 19.4. The average molecular weight is 362 g/mol. The zero-order valence-corrected chi connectivity index (χ0v) is 14.0. The van der Waals surface area contributed by atoms with Crippen LogP contribution in [0.5, 0.6) is 0 Å². The Bertz CT molecular complexity index is 849. The molecule has 0 spiro atoms. The van der Waals surface area contributed by atoms with Crippen LogP contribution in [-0.2, 0) is 15.8 Å². The largest absolute Gasteiger partial charge is 0.416 e. The minimum atomic E-state index is -4.49. The topological polar surface area (TPSA) is 49.4 Å². The molecule has 1 heterocycles. The summed E-state index contributed by atoms with van der Waals surface area (Å²) in [7, 11) is 0. The second-order valence-corrected chi connectivity index (χ2v) is 6.31. The van der Waals surface area contributed by atoms with E-state index in [-0.39, 0.29) is 30.5 Å². The van der Waals surface area contributed by atoms with E-state index in [0.717, 1.165) is 17.7 Å². The fraction of sp³-hybridized carbons (Fsp3) is 0.263. The van der Waals surface area contributed by atoms with Crippen molar-refractivity contribution in [2.45, 2.75) is 19.5 Å². The number of nitrogens with zero attached hydrogens (tertiary/aromatic N) is 1. The van der Waals surface area contributed by atoms with Gasteiger partial charge in [0.2, 0.25) is 11.8 Å². The van der Waals surface area contributed by atoms with Gasteiger partial charge in [-0.05, 0) is 42.8 Å². The molecule has 2 aromatic rings. The van der Waals surface area contributed by atoms with Crippen LogP contribution in [0.3, 0.4) is 0 Å². The molecule has 1 unspecified atom stereocenters. The molecule has 0 saturated carbocycles. The van der Waals surface area contributed by atoms with E-state index in [1.807, 2.05) is 13.0 Å². The Morgan fingerprint density at radius 3 is 2.58 bits per heavy atom. The lowest BCUT2D eigenvalue weighted by Crippen LogP contribution is -2.28. The lowest BCUT2D eigenvalue weighted by Gasteiger charge is -2.18. The SMILES string of the molecule is Cc1cccc(NC(=O)C2CC(=O)N(c3cccc(C(F)(F)F)c3)C2)c1. The second-order valence-electron chi connectivity index (χ2n) is 6.31. The van der Waals surface area contributed by atoms with E-state index in [1.54, 1.807) is 18.2 Å². The molecule has 7 heteroatoms. The first kappa shape index (κ1) is 18.0. The van der Waals surface area contributed by atoms with Crippen LogP contribution in [0.15, 0.2) is 48.5 Å².